The molecule has 1 rings (SSSR count). The van der Waals surface area contributed by atoms with E-state index in [9.17, 15) is 9.59 Å². The van der Waals surface area contributed by atoms with Crippen LogP contribution in [0.15, 0.2) is 23.1 Å². The fourth-order valence-corrected chi connectivity index (χ4v) is 1.96. The molecule has 0 aliphatic heterocycles. The molecule has 0 fully saturated rings. The molecule has 0 bridgehead atoms. The van der Waals surface area contributed by atoms with Gasteiger partial charge in [0.15, 0.2) is 0 Å². The van der Waals surface area contributed by atoms with E-state index in [1.807, 2.05) is 6.92 Å². The monoisotopic (exact) mass is 250 g/mol. The summed E-state index contributed by atoms with van der Waals surface area (Å²) in [7, 11) is 3.46. The smallest absolute Gasteiger partial charge is 0.255 e. The van der Waals surface area contributed by atoms with Crippen LogP contribution in [0.5, 0.6) is 0 Å². The van der Waals surface area contributed by atoms with E-state index in [-0.39, 0.29) is 17.5 Å². The van der Waals surface area contributed by atoms with Crippen molar-refractivity contribution in [3.63, 3.8) is 0 Å². The topological polar surface area (TPSA) is 42.3 Å². The van der Waals surface area contributed by atoms with E-state index in [1.165, 1.54) is 10.6 Å². The van der Waals surface area contributed by atoms with Crippen molar-refractivity contribution in [3.8, 4) is 0 Å². The Labute approximate surface area is 108 Å². The molecule has 0 unspecified atom stereocenters. The van der Waals surface area contributed by atoms with Gasteiger partial charge in [-0.3, -0.25) is 9.59 Å². The summed E-state index contributed by atoms with van der Waals surface area (Å²) in [5, 5.41) is 0. The van der Waals surface area contributed by atoms with Crippen LogP contribution in [0.4, 0.5) is 0 Å². The van der Waals surface area contributed by atoms with E-state index in [2.05, 4.69) is 13.8 Å². The molecule has 100 valence electrons. The van der Waals surface area contributed by atoms with Gasteiger partial charge in [-0.2, -0.15) is 0 Å². The predicted octanol–water partition coefficient (Wildman–Crippen LogP) is 1.89. The van der Waals surface area contributed by atoms with Gasteiger partial charge in [-0.25, -0.2) is 0 Å². The zero-order chi connectivity index (χ0) is 13.9. The van der Waals surface area contributed by atoms with Crippen molar-refractivity contribution in [3.05, 3.63) is 34.2 Å². The van der Waals surface area contributed by atoms with Gasteiger partial charge in [0.05, 0.1) is 5.56 Å². The Morgan fingerprint density at radius 3 is 2.44 bits per heavy atom. The Kier molecular flexibility index (Phi) is 4.70. The van der Waals surface area contributed by atoms with Crippen LogP contribution in [0.2, 0.25) is 0 Å². The summed E-state index contributed by atoms with van der Waals surface area (Å²) in [5.41, 5.74) is 0.444. The number of hydrogen-bond donors (Lipinski definition) is 0. The van der Waals surface area contributed by atoms with Gasteiger partial charge in [-0.15, -0.1) is 0 Å². The molecule has 4 nitrogen and oxygen atoms in total. The number of amides is 1. The lowest BCUT2D eigenvalue weighted by Gasteiger charge is -2.26. The molecule has 1 aromatic heterocycles. The van der Waals surface area contributed by atoms with E-state index < -0.39 is 0 Å². The molecule has 0 aliphatic rings. The molecule has 1 heterocycles. The largest absolute Gasteiger partial charge is 0.339 e. The molecule has 4 heteroatoms. The SMILES string of the molecule is CC(C)C[C@@H](C)N(C)C(=O)c1ccc(=O)n(C)c1. The summed E-state index contributed by atoms with van der Waals surface area (Å²) >= 11 is 0. The third-order valence-corrected chi connectivity index (χ3v) is 3.13. The van der Waals surface area contributed by atoms with Gasteiger partial charge in [0.25, 0.3) is 5.91 Å². The van der Waals surface area contributed by atoms with E-state index in [0.717, 1.165) is 6.42 Å². The molecule has 18 heavy (non-hydrogen) atoms. The Bertz CT molecular complexity index is 477. The van der Waals surface area contributed by atoms with Crippen LogP contribution in [0, 0.1) is 5.92 Å². The molecule has 0 radical (unpaired) electrons. The lowest BCUT2D eigenvalue weighted by molar-refractivity contribution is 0.0727. The Hall–Kier alpha value is -1.58. The standard InChI is InChI=1S/C14H22N2O2/c1-10(2)8-11(3)16(5)14(18)12-6-7-13(17)15(4)9-12/h6-7,9-11H,8H2,1-5H3/t11-/m1/s1. The molecular weight excluding hydrogens is 228 g/mol. The Balaban J connectivity index is 2.86. The molecule has 0 spiro atoms. The van der Waals surface area contributed by atoms with Crippen LogP contribution in [0.25, 0.3) is 0 Å². The van der Waals surface area contributed by atoms with Gasteiger partial charge in [-0.05, 0) is 25.3 Å². The third kappa shape index (κ3) is 3.45. The molecule has 1 atom stereocenters. The first-order chi connectivity index (χ1) is 8.32. The first-order valence-electron chi connectivity index (χ1n) is 6.26. The van der Waals surface area contributed by atoms with Crippen molar-refractivity contribution in [2.45, 2.75) is 33.2 Å². The zero-order valence-corrected chi connectivity index (χ0v) is 11.8. The lowest BCUT2D eigenvalue weighted by Crippen LogP contribution is -2.36. The summed E-state index contributed by atoms with van der Waals surface area (Å²) in [5.74, 6) is 0.508. The van der Waals surface area contributed by atoms with Gasteiger partial charge in [-0.1, -0.05) is 13.8 Å². The van der Waals surface area contributed by atoms with Crippen LogP contribution >= 0.6 is 0 Å². The van der Waals surface area contributed by atoms with Crippen LogP contribution in [0.3, 0.4) is 0 Å². The zero-order valence-electron chi connectivity index (χ0n) is 11.8. The fraction of sp³-hybridized carbons (Fsp3) is 0.571. The van der Waals surface area contributed by atoms with E-state index >= 15 is 0 Å². The van der Waals surface area contributed by atoms with Crippen LogP contribution in [-0.2, 0) is 7.05 Å². The van der Waals surface area contributed by atoms with Crippen molar-refractivity contribution in [2.75, 3.05) is 7.05 Å². The van der Waals surface area contributed by atoms with Crippen molar-refractivity contribution >= 4 is 5.91 Å². The van der Waals surface area contributed by atoms with Crippen molar-refractivity contribution in [2.24, 2.45) is 13.0 Å². The first-order valence-corrected chi connectivity index (χ1v) is 6.26. The molecule has 1 amide bonds. The molecule has 1 aromatic rings. The molecule has 0 saturated heterocycles. The maximum absolute atomic E-state index is 12.2. The molecule has 0 aliphatic carbocycles. The van der Waals surface area contributed by atoms with Crippen LogP contribution in [-0.4, -0.2) is 28.5 Å². The second kappa shape index (κ2) is 5.85. The number of rotatable bonds is 4. The molecular formula is C14H22N2O2. The van der Waals surface area contributed by atoms with Gasteiger partial charge < -0.3 is 9.47 Å². The highest BCUT2D eigenvalue weighted by Gasteiger charge is 2.18. The van der Waals surface area contributed by atoms with Gasteiger partial charge in [0.1, 0.15) is 0 Å². The number of hydrogen-bond acceptors (Lipinski definition) is 2. The number of nitrogens with zero attached hydrogens (tertiary/aromatic N) is 2. The summed E-state index contributed by atoms with van der Waals surface area (Å²) in [6.07, 6.45) is 2.55. The number of aromatic nitrogens is 1. The Morgan fingerprint density at radius 1 is 1.33 bits per heavy atom. The van der Waals surface area contributed by atoms with Crippen LogP contribution < -0.4 is 5.56 Å². The molecule has 0 aromatic carbocycles. The summed E-state index contributed by atoms with van der Waals surface area (Å²) in [4.78, 5) is 25.3. The number of carbonyl (C=O) groups is 1. The van der Waals surface area contributed by atoms with Gasteiger partial charge >= 0.3 is 0 Å². The molecule has 0 N–H and O–H groups in total. The van der Waals surface area contributed by atoms with E-state index in [0.29, 0.717) is 11.5 Å². The lowest BCUT2D eigenvalue weighted by atomic mass is 10.0. The number of pyridine rings is 1. The normalized spacial score (nSPS) is 12.6. The van der Waals surface area contributed by atoms with E-state index in [1.54, 1.807) is 31.3 Å². The minimum Gasteiger partial charge on any atom is -0.339 e. The van der Waals surface area contributed by atoms with Crippen LogP contribution in [0.1, 0.15) is 37.6 Å². The summed E-state index contributed by atoms with van der Waals surface area (Å²) in [6, 6.07) is 3.20. The minimum absolute atomic E-state index is 0.0428. The van der Waals surface area contributed by atoms with Crippen molar-refractivity contribution in [1.82, 2.24) is 9.47 Å². The number of aryl methyl sites for hydroxylation is 1. The highest BCUT2D eigenvalue weighted by Crippen LogP contribution is 2.12. The maximum Gasteiger partial charge on any atom is 0.255 e. The second-order valence-corrected chi connectivity index (χ2v) is 5.26. The highest BCUT2D eigenvalue weighted by atomic mass is 16.2. The third-order valence-electron chi connectivity index (χ3n) is 3.13. The van der Waals surface area contributed by atoms with Gasteiger partial charge in [0.2, 0.25) is 5.56 Å². The van der Waals surface area contributed by atoms with Crippen molar-refractivity contribution < 1.29 is 4.79 Å². The molecule has 0 saturated carbocycles. The van der Waals surface area contributed by atoms with Crippen molar-refractivity contribution in [1.29, 1.82) is 0 Å². The average molecular weight is 250 g/mol. The summed E-state index contributed by atoms with van der Waals surface area (Å²) in [6.45, 7) is 6.32. The maximum atomic E-state index is 12.2. The average Bonchev–Trinajstić information content (AvgIpc) is 2.30. The highest BCUT2D eigenvalue weighted by molar-refractivity contribution is 5.93. The van der Waals surface area contributed by atoms with E-state index in [4.69, 9.17) is 0 Å². The summed E-state index contributed by atoms with van der Waals surface area (Å²) < 4.78 is 1.42. The Morgan fingerprint density at radius 2 is 1.94 bits per heavy atom. The fourth-order valence-electron chi connectivity index (χ4n) is 1.96. The quantitative estimate of drug-likeness (QED) is 0.819. The minimum atomic E-state index is -0.107. The first kappa shape index (κ1) is 14.5. The van der Waals surface area contributed by atoms with Gasteiger partial charge in [0, 0.05) is 32.4 Å². The second-order valence-electron chi connectivity index (χ2n) is 5.26. The number of carbonyl (C=O) groups excluding carboxylic acids is 1. The predicted molar refractivity (Wildman–Crippen MR) is 72.7 cm³/mol.